The standard InChI is InChI=1S/C17H25NS/c1-5-6-13-9-18(10-13)17-15-8-14(15)12(4)16(19-17)7-11(2)3/h7,12-14H,2,5-6,8-10H2,1,3-4H3/b16-7+. The second-order valence-electron chi connectivity index (χ2n) is 6.48. The van der Waals surface area contributed by atoms with Crippen molar-refractivity contribution in [2.75, 3.05) is 13.1 Å². The molecule has 1 aliphatic carbocycles. The van der Waals surface area contributed by atoms with Crippen molar-refractivity contribution in [3.8, 4) is 0 Å². The first kappa shape index (κ1) is 13.4. The molecule has 1 saturated heterocycles. The van der Waals surface area contributed by atoms with Crippen molar-refractivity contribution in [2.24, 2.45) is 17.8 Å². The summed E-state index contributed by atoms with van der Waals surface area (Å²) in [7, 11) is 0. The van der Waals surface area contributed by atoms with Crippen LogP contribution in [0.4, 0.5) is 0 Å². The first-order valence-electron chi connectivity index (χ1n) is 7.63. The van der Waals surface area contributed by atoms with Crippen LogP contribution < -0.4 is 0 Å². The summed E-state index contributed by atoms with van der Waals surface area (Å²) in [6.45, 7) is 13.4. The summed E-state index contributed by atoms with van der Waals surface area (Å²) in [6.07, 6.45) is 6.37. The largest absolute Gasteiger partial charge is 0.365 e. The Morgan fingerprint density at radius 3 is 2.84 bits per heavy atom. The van der Waals surface area contributed by atoms with E-state index in [0.717, 1.165) is 11.8 Å². The predicted octanol–water partition coefficient (Wildman–Crippen LogP) is 4.79. The summed E-state index contributed by atoms with van der Waals surface area (Å²) in [6, 6.07) is 0. The summed E-state index contributed by atoms with van der Waals surface area (Å²) in [4.78, 5) is 4.16. The predicted molar refractivity (Wildman–Crippen MR) is 84.8 cm³/mol. The topological polar surface area (TPSA) is 3.24 Å². The monoisotopic (exact) mass is 275 g/mol. The highest BCUT2D eigenvalue weighted by Crippen LogP contribution is 2.59. The molecule has 3 rings (SSSR count). The van der Waals surface area contributed by atoms with Crippen molar-refractivity contribution < 1.29 is 0 Å². The molecule has 0 spiro atoms. The van der Waals surface area contributed by atoms with Gasteiger partial charge in [0.15, 0.2) is 0 Å². The lowest BCUT2D eigenvalue weighted by Gasteiger charge is -2.43. The third-order valence-electron chi connectivity index (χ3n) is 4.60. The van der Waals surface area contributed by atoms with Crippen molar-refractivity contribution in [2.45, 2.75) is 40.0 Å². The van der Waals surface area contributed by atoms with Gasteiger partial charge >= 0.3 is 0 Å². The number of allylic oxidation sites excluding steroid dienone is 4. The normalized spacial score (nSPS) is 32.4. The second-order valence-corrected chi connectivity index (χ2v) is 7.55. The van der Waals surface area contributed by atoms with Crippen molar-refractivity contribution in [1.29, 1.82) is 0 Å². The van der Waals surface area contributed by atoms with Crippen LogP contribution in [0.15, 0.2) is 33.7 Å². The maximum absolute atomic E-state index is 4.04. The average Bonchev–Trinajstić information content (AvgIpc) is 3.07. The van der Waals surface area contributed by atoms with E-state index in [9.17, 15) is 0 Å². The zero-order valence-corrected chi connectivity index (χ0v) is 13.2. The Balaban J connectivity index is 1.70. The molecule has 0 aromatic rings. The van der Waals surface area contributed by atoms with Crippen molar-refractivity contribution >= 4 is 11.8 Å². The molecule has 2 atom stereocenters. The summed E-state index contributed by atoms with van der Waals surface area (Å²) in [5.74, 6) is 2.50. The van der Waals surface area contributed by atoms with Gasteiger partial charge in [-0.15, -0.1) is 0 Å². The number of thioether (sulfide) groups is 1. The fourth-order valence-corrected chi connectivity index (χ4v) is 4.85. The molecule has 2 heteroatoms. The summed E-state index contributed by atoms with van der Waals surface area (Å²) < 4.78 is 0. The summed E-state index contributed by atoms with van der Waals surface area (Å²) in [5.41, 5.74) is 2.93. The number of fused-ring (bicyclic) bond motifs is 1. The van der Waals surface area contributed by atoms with Crippen LogP contribution >= 0.6 is 11.8 Å². The van der Waals surface area contributed by atoms with E-state index in [-0.39, 0.29) is 0 Å². The van der Waals surface area contributed by atoms with Gasteiger partial charge in [-0.3, -0.25) is 0 Å². The number of hydrogen-bond donors (Lipinski definition) is 0. The fraction of sp³-hybridized carbons (Fsp3) is 0.647. The van der Waals surface area contributed by atoms with Crippen LogP contribution in [0.3, 0.4) is 0 Å². The maximum atomic E-state index is 4.04. The van der Waals surface area contributed by atoms with Gasteiger partial charge in [0.25, 0.3) is 0 Å². The zero-order chi connectivity index (χ0) is 13.6. The third-order valence-corrected chi connectivity index (χ3v) is 6.04. The van der Waals surface area contributed by atoms with Crippen molar-refractivity contribution in [1.82, 2.24) is 4.90 Å². The minimum atomic E-state index is 0.716. The molecule has 2 heterocycles. The minimum absolute atomic E-state index is 0.716. The van der Waals surface area contributed by atoms with Gasteiger partial charge in [-0.1, -0.05) is 44.2 Å². The van der Waals surface area contributed by atoms with Gasteiger partial charge in [0.05, 0.1) is 5.03 Å². The van der Waals surface area contributed by atoms with Gasteiger partial charge < -0.3 is 4.90 Å². The lowest BCUT2D eigenvalue weighted by atomic mass is 9.95. The molecular formula is C17H25NS. The van der Waals surface area contributed by atoms with E-state index in [1.807, 2.05) is 11.8 Å². The highest BCUT2D eigenvalue weighted by Gasteiger charge is 2.46. The van der Waals surface area contributed by atoms with E-state index < -0.39 is 0 Å². The van der Waals surface area contributed by atoms with Gasteiger partial charge in [-0.25, -0.2) is 0 Å². The van der Waals surface area contributed by atoms with Gasteiger partial charge in [0.1, 0.15) is 0 Å². The van der Waals surface area contributed by atoms with E-state index >= 15 is 0 Å². The molecule has 2 aliphatic heterocycles. The Labute approximate surface area is 121 Å². The van der Waals surface area contributed by atoms with Crippen LogP contribution in [0.5, 0.6) is 0 Å². The molecule has 1 nitrogen and oxygen atoms in total. The molecule has 19 heavy (non-hydrogen) atoms. The molecule has 0 bridgehead atoms. The maximum Gasteiger partial charge on any atom is 0.0748 e. The molecule has 2 fully saturated rings. The smallest absolute Gasteiger partial charge is 0.0748 e. The minimum Gasteiger partial charge on any atom is -0.365 e. The quantitative estimate of drug-likeness (QED) is 0.725. The molecule has 0 amide bonds. The Bertz CT molecular complexity index is 454. The molecule has 0 N–H and O–H groups in total. The van der Waals surface area contributed by atoms with Crippen LogP contribution in [0.1, 0.15) is 40.0 Å². The highest BCUT2D eigenvalue weighted by atomic mass is 32.2. The third kappa shape index (κ3) is 2.52. The summed E-state index contributed by atoms with van der Waals surface area (Å²) >= 11 is 2.03. The molecule has 0 aromatic heterocycles. The van der Waals surface area contributed by atoms with Gasteiger partial charge in [0.2, 0.25) is 0 Å². The Kier molecular flexibility index (Phi) is 3.55. The van der Waals surface area contributed by atoms with E-state index in [4.69, 9.17) is 0 Å². The number of hydrogen-bond acceptors (Lipinski definition) is 2. The first-order chi connectivity index (χ1) is 9.10. The van der Waals surface area contributed by atoms with Gasteiger partial charge in [0, 0.05) is 13.1 Å². The van der Waals surface area contributed by atoms with Gasteiger partial charge in [-0.2, -0.15) is 0 Å². The van der Waals surface area contributed by atoms with Crippen LogP contribution in [0.2, 0.25) is 0 Å². The van der Waals surface area contributed by atoms with Crippen LogP contribution in [-0.2, 0) is 0 Å². The Morgan fingerprint density at radius 1 is 1.47 bits per heavy atom. The van der Waals surface area contributed by atoms with E-state index in [1.54, 1.807) is 10.6 Å². The molecule has 1 saturated carbocycles. The second kappa shape index (κ2) is 5.05. The molecule has 3 aliphatic rings. The first-order valence-corrected chi connectivity index (χ1v) is 8.44. The van der Waals surface area contributed by atoms with E-state index in [0.29, 0.717) is 5.92 Å². The molecular weight excluding hydrogens is 250 g/mol. The highest BCUT2D eigenvalue weighted by molar-refractivity contribution is 8.06. The molecule has 2 unspecified atom stereocenters. The fourth-order valence-electron chi connectivity index (χ4n) is 3.37. The Hall–Kier alpha value is -0.630. The molecule has 0 aromatic carbocycles. The number of likely N-dealkylation sites (tertiary alicyclic amines) is 1. The van der Waals surface area contributed by atoms with Crippen LogP contribution in [0, 0.1) is 17.8 Å². The van der Waals surface area contributed by atoms with Crippen molar-refractivity contribution in [3.05, 3.63) is 33.7 Å². The van der Waals surface area contributed by atoms with Crippen LogP contribution in [-0.4, -0.2) is 18.0 Å². The van der Waals surface area contributed by atoms with Crippen LogP contribution in [0.25, 0.3) is 0 Å². The lowest BCUT2D eigenvalue weighted by molar-refractivity contribution is 0.145. The molecule has 104 valence electrons. The molecule has 0 radical (unpaired) electrons. The van der Waals surface area contributed by atoms with Crippen molar-refractivity contribution in [3.63, 3.8) is 0 Å². The lowest BCUT2D eigenvalue weighted by Crippen LogP contribution is -2.45. The average molecular weight is 275 g/mol. The zero-order valence-electron chi connectivity index (χ0n) is 12.4. The number of nitrogens with zero attached hydrogens (tertiary/aromatic N) is 1. The summed E-state index contributed by atoms with van der Waals surface area (Å²) in [5, 5.41) is 1.60. The Morgan fingerprint density at radius 2 is 2.21 bits per heavy atom. The van der Waals surface area contributed by atoms with Gasteiger partial charge in [-0.05, 0) is 54.1 Å². The van der Waals surface area contributed by atoms with E-state index in [2.05, 4.69) is 38.3 Å². The number of rotatable bonds is 4. The SMILES string of the molecule is C=C(C)/C=C1/SC(N2CC(CCC)C2)=C2CC2C1C. The van der Waals surface area contributed by atoms with E-state index in [1.165, 1.54) is 42.8 Å².